The third-order valence-corrected chi connectivity index (χ3v) is 3.21. The fraction of sp³-hybridized carbons (Fsp3) is 0.600. The topological polar surface area (TPSA) is 53.5 Å². The van der Waals surface area contributed by atoms with E-state index in [0.717, 1.165) is 30.7 Å². The van der Waals surface area contributed by atoms with Gasteiger partial charge in [0.25, 0.3) is 0 Å². The fourth-order valence-electron chi connectivity index (χ4n) is 1.61. The molecule has 17 heavy (non-hydrogen) atoms. The molecule has 1 fully saturated rings. The lowest BCUT2D eigenvalue weighted by atomic mass is 10.4. The zero-order valence-electron chi connectivity index (χ0n) is 9.98. The number of piperazine rings is 1. The summed E-state index contributed by atoms with van der Waals surface area (Å²) in [5, 5.41) is 2.11. The first-order valence-corrected chi connectivity index (χ1v) is 6.25. The van der Waals surface area contributed by atoms with Gasteiger partial charge >= 0.3 is 0 Å². The highest BCUT2D eigenvalue weighted by Gasteiger charge is 2.15. The maximum atomic E-state index is 5.13. The van der Waals surface area contributed by atoms with Gasteiger partial charge in [-0.2, -0.15) is 4.98 Å². The van der Waals surface area contributed by atoms with Crippen LogP contribution < -0.4 is 10.2 Å². The summed E-state index contributed by atoms with van der Waals surface area (Å²) in [6.07, 6.45) is 1.68. The molecule has 1 aliphatic rings. The molecule has 0 radical (unpaired) electrons. The van der Waals surface area contributed by atoms with Crippen LogP contribution in [0.5, 0.6) is 5.88 Å². The molecule has 2 heterocycles. The monoisotopic (exact) mass is 301 g/mol. The number of aromatic nitrogens is 2. The van der Waals surface area contributed by atoms with Gasteiger partial charge < -0.3 is 9.64 Å². The number of rotatable bonds is 3. The van der Waals surface area contributed by atoms with Gasteiger partial charge in [-0.15, -0.1) is 0 Å². The average molecular weight is 302 g/mol. The molecule has 0 saturated carbocycles. The van der Waals surface area contributed by atoms with Crippen molar-refractivity contribution in [3.8, 4) is 5.88 Å². The van der Waals surface area contributed by atoms with Gasteiger partial charge in [-0.25, -0.2) is 9.99 Å². The third kappa shape index (κ3) is 3.27. The number of hydrazine groups is 1. The molecule has 1 aromatic heterocycles. The van der Waals surface area contributed by atoms with E-state index in [4.69, 9.17) is 4.74 Å². The van der Waals surface area contributed by atoms with E-state index < -0.39 is 0 Å². The van der Waals surface area contributed by atoms with E-state index in [1.165, 1.54) is 0 Å². The van der Waals surface area contributed by atoms with Crippen molar-refractivity contribution in [2.24, 2.45) is 0 Å². The van der Waals surface area contributed by atoms with E-state index in [2.05, 4.69) is 48.3 Å². The van der Waals surface area contributed by atoms with Crippen molar-refractivity contribution in [2.45, 2.75) is 0 Å². The van der Waals surface area contributed by atoms with Crippen LogP contribution in [0.15, 0.2) is 10.7 Å². The highest BCUT2D eigenvalue weighted by atomic mass is 79.9. The van der Waals surface area contributed by atoms with Crippen LogP contribution in [0, 0.1) is 0 Å². The summed E-state index contributed by atoms with van der Waals surface area (Å²) in [7, 11) is 3.71. The van der Waals surface area contributed by atoms with Crippen molar-refractivity contribution in [2.75, 3.05) is 45.8 Å². The Morgan fingerprint density at radius 3 is 2.71 bits per heavy atom. The highest BCUT2D eigenvalue weighted by molar-refractivity contribution is 9.10. The van der Waals surface area contributed by atoms with Gasteiger partial charge in [-0.05, 0) is 23.0 Å². The zero-order chi connectivity index (χ0) is 12.3. The molecule has 0 unspecified atom stereocenters. The molecule has 1 N–H and O–H groups in total. The standard InChI is InChI=1S/C10H16BrN5O/c1-15-3-5-16(6-4-15)14-10-12-7-8(11)9(13-10)17-2/h7H,3-6H2,1-2H3,(H,12,13,14). The molecule has 0 aromatic carbocycles. The molecule has 0 bridgehead atoms. The largest absolute Gasteiger partial charge is 0.480 e. The molecule has 0 amide bonds. The number of nitrogens with zero attached hydrogens (tertiary/aromatic N) is 4. The van der Waals surface area contributed by atoms with Gasteiger partial charge in [0.15, 0.2) is 0 Å². The minimum atomic E-state index is 0.539. The maximum Gasteiger partial charge on any atom is 0.240 e. The predicted molar refractivity (Wildman–Crippen MR) is 69.0 cm³/mol. The van der Waals surface area contributed by atoms with Gasteiger partial charge in [0, 0.05) is 26.2 Å². The number of hydrogen-bond acceptors (Lipinski definition) is 6. The van der Waals surface area contributed by atoms with Crippen LogP contribution in [-0.2, 0) is 0 Å². The van der Waals surface area contributed by atoms with Crippen LogP contribution in [0.4, 0.5) is 5.95 Å². The number of hydrogen-bond donors (Lipinski definition) is 1. The zero-order valence-corrected chi connectivity index (χ0v) is 11.6. The molecule has 1 aromatic rings. The lowest BCUT2D eigenvalue weighted by Gasteiger charge is -2.32. The van der Waals surface area contributed by atoms with E-state index in [9.17, 15) is 0 Å². The Balaban J connectivity index is 1.99. The second kappa shape index (κ2) is 5.61. The Hall–Kier alpha value is -0.920. The van der Waals surface area contributed by atoms with E-state index in [1.54, 1.807) is 13.3 Å². The number of ether oxygens (including phenoxy) is 1. The quantitative estimate of drug-likeness (QED) is 0.892. The summed E-state index contributed by atoms with van der Waals surface area (Å²) in [5.74, 6) is 1.10. The van der Waals surface area contributed by atoms with Crippen molar-refractivity contribution in [3.63, 3.8) is 0 Å². The highest BCUT2D eigenvalue weighted by Crippen LogP contribution is 2.21. The van der Waals surface area contributed by atoms with Gasteiger partial charge in [0.05, 0.1) is 17.8 Å². The van der Waals surface area contributed by atoms with Crippen molar-refractivity contribution in [1.82, 2.24) is 19.9 Å². The van der Waals surface area contributed by atoms with E-state index in [1.807, 2.05) is 0 Å². The second-order valence-electron chi connectivity index (χ2n) is 3.95. The molecule has 1 aliphatic heterocycles. The molecule has 6 nitrogen and oxygen atoms in total. The van der Waals surface area contributed by atoms with Crippen molar-refractivity contribution in [1.29, 1.82) is 0 Å². The lowest BCUT2D eigenvalue weighted by Crippen LogP contribution is -2.47. The first-order chi connectivity index (χ1) is 8.19. The van der Waals surface area contributed by atoms with E-state index in [0.29, 0.717) is 11.8 Å². The Bertz CT molecular complexity index is 381. The normalized spacial score (nSPS) is 18.1. The first kappa shape index (κ1) is 12.5. The number of halogens is 1. The lowest BCUT2D eigenvalue weighted by molar-refractivity contribution is 0.178. The van der Waals surface area contributed by atoms with Crippen molar-refractivity contribution < 1.29 is 4.74 Å². The third-order valence-electron chi connectivity index (χ3n) is 2.67. The predicted octanol–water partition coefficient (Wildman–Crippen LogP) is 0.822. The van der Waals surface area contributed by atoms with Gasteiger partial charge in [-0.1, -0.05) is 0 Å². The molecule has 94 valence electrons. The summed E-state index contributed by atoms with van der Waals surface area (Å²) >= 11 is 3.33. The van der Waals surface area contributed by atoms with E-state index >= 15 is 0 Å². The fourth-order valence-corrected chi connectivity index (χ4v) is 1.96. The molecular weight excluding hydrogens is 286 g/mol. The summed E-state index contributed by atoms with van der Waals surface area (Å²) in [6.45, 7) is 4.00. The van der Waals surface area contributed by atoms with Gasteiger partial charge in [0.2, 0.25) is 11.8 Å². The average Bonchev–Trinajstić information content (AvgIpc) is 2.34. The molecule has 1 saturated heterocycles. The SMILES string of the molecule is COc1nc(NN2CCN(C)CC2)ncc1Br. The first-order valence-electron chi connectivity index (χ1n) is 5.45. The van der Waals surface area contributed by atoms with Crippen LogP contribution >= 0.6 is 15.9 Å². The number of methoxy groups -OCH3 is 1. The maximum absolute atomic E-state index is 5.13. The summed E-state index contributed by atoms with van der Waals surface area (Å²) < 4.78 is 5.88. The Labute approximate surface area is 109 Å². The van der Waals surface area contributed by atoms with Gasteiger partial charge in [-0.3, -0.25) is 5.43 Å². The minimum Gasteiger partial charge on any atom is -0.480 e. The van der Waals surface area contributed by atoms with E-state index in [-0.39, 0.29) is 0 Å². The van der Waals surface area contributed by atoms with Crippen LogP contribution in [0.3, 0.4) is 0 Å². The van der Waals surface area contributed by atoms with Gasteiger partial charge in [0.1, 0.15) is 0 Å². The molecule has 2 rings (SSSR count). The van der Waals surface area contributed by atoms with Crippen LogP contribution in [-0.4, -0.2) is 60.2 Å². The molecule has 0 spiro atoms. The Morgan fingerprint density at radius 1 is 1.35 bits per heavy atom. The molecule has 7 heteroatoms. The molecule has 0 aliphatic carbocycles. The molecular formula is C10H16BrN5O. The smallest absolute Gasteiger partial charge is 0.240 e. The minimum absolute atomic E-state index is 0.539. The second-order valence-corrected chi connectivity index (χ2v) is 4.81. The van der Waals surface area contributed by atoms with Crippen LogP contribution in [0.2, 0.25) is 0 Å². The number of anilines is 1. The Morgan fingerprint density at radius 2 is 2.06 bits per heavy atom. The van der Waals surface area contributed by atoms with Crippen molar-refractivity contribution in [3.05, 3.63) is 10.7 Å². The van der Waals surface area contributed by atoms with Crippen LogP contribution in [0.25, 0.3) is 0 Å². The van der Waals surface area contributed by atoms with Crippen molar-refractivity contribution >= 4 is 21.9 Å². The van der Waals surface area contributed by atoms with Crippen LogP contribution in [0.1, 0.15) is 0 Å². The Kier molecular flexibility index (Phi) is 4.14. The summed E-state index contributed by atoms with van der Waals surface area (Å²) in [5.41, 5.74) is 3.19. The number of nitrogens with one attached hydrogen (secondary N) is 1. The summed E-state index contributed by atoms with van der Waals surface area (Å²) in [4.78, 5) is 10.7. The summed E-state index contributed by atoms with van der Waals surface area (Å²) in [6, 6.07) is 0. The number of likely N-dealkylation sites (N-methyl/N-ethyl adjacent to an activating group) is 1. The molecule has 0 atom stereocenters.